The van der Waals surface area contributed by atoms with Gasteiger partial charge in [0, 0.05) is 13.0 Å². The van der Waals surface area contributed by atoms with Gasteiger partial charge in [0.05, 0.1) is 26.1 Å². The van der Waals surface area contributed by atoms with Crippen LogP contribution in [0.15, 0.2) is 0 Å². The summed E-state index contributed by atoms with van der Waals surface area (Å²) in [5, 5.41) is 12.0. The molecule has 142 valence electrons. The molecule has 1 atom stereocenters. The Balaban J connectivity index is 4.74. The van der Waals surface area contributed by atoms with E-state index in [-0.39, 0.29) is 23.3 Å². The van der Waals surface area contributed by atoms with E-state index in [1.54, 1.807) is 0 Å². The quantitative estimate of drug-likeness (QED) is 0.525. The Morgan fingerprint density at radius 2 is 1.50 bits per heavy atom. The molecule has 1 amide bonds. The van der Waals surface area contributed by atoms with Gasteiger partial charge >= 0.3 is 5.97 Å². The highest BCUT2D eigenvalue weighted by Crippen LogP contribution is 2.46. The number of aliphatic carboxylic acids is 1. The van der Waals surface area contributed by atoms with Crippen molar-refractivity contribution in [3.05, 3.63) is 0 Å². The van der Waals surface area contributed by atoms with Gasteiger partial charge in [0.2, 0.25) is 5.91 Å². The number of rotatable bonds is 8. The van der Waals surface area contributed by atoms with E-state index in [9.17, 15) is 9.59 Å². The van der Waals surface area contributed by atoms with Gasteiger partial charge < -0.3 is 14.9 Å². The van der Waals surface area contributed by atoms with Gasteiger partial charge in [0.15, 0.2) is 6.54 Å². The SMILES string of the molecule is CC(C)(C)CC(C)(C(=O)NCCC[N+](C)(C)CC(=O)O)C(C)(C)C. The summed E-state index contributed by atoms with van der Waals surface area (Å²) in [6.45, 7) is 16.3. The summed E-state index contributed by atoms with van der Waals surface area (Å²) in [5.74, 6) is -0.706. The number of amides is 1. The van der Waals surface area contributed by atoms with Gasteiger partial charge in [-0.3, -0.25) is 4.79 Å². The van der Waals surface area contributed by atoms with Crippen molar-refractivity contribution in [2.75, 3.05) is 33.7 Å². The minimum absolute atomic E-state index is 0.0692. The highest BCUT2D eigenvalue weighted by molar-refractivity contribution is 5.83. The lowest BCUT2D eigenvalue weighted by Gasteiger charge is -2.44. The van der Waals surface area contributed by atoms with Crippen molar-refractivity contribution in [3.8, 4) is 0 Å². The van der Waals surface area contributed by atoms with Gasteiger partial charge in [0.1, 0.15) is 0 Å². The van der Waals surface area contributed by atoms with Crippen LogP contribution < -0.4 is 5.32 Å². The van der Waals surface area contributed by atoms with Crippen LogP contribution in [-0.2, 0) is 9.59 Å². The van der Waals surface area contributed by atoms with Gasteiger partial charge in [-0.1, -0.05) is 48.5 Å². The van der Waals surface area contributed by atoms with Crippen molar-refractivity contribution < 1.29 is 19.2 Å². The van der Waals surface area contributed by atoms with Crippen LogP contribution in [-0.4, -0.2) is 55.2 Å². The molecule has 0 radical (unpaired) electrons. The number of carbonyl (C=O) groups excluding carboxylic acids is 1. The summed E-state index contributed by atoms with van der Waals surface area (Å²) in [7, 11) is 3.80. The zero-order chi connectivity index (χ0) is 19.4. The number of quaternary nitrogens is 1. The van der Waals surface area contributed by atoms with Crippen LogP contribution in [0, 0.1) is 16.2 Å². The van der Waals surface area contributed by atoms with Crippen molar-refractivity contribution in [1.82, 2.24) is 5.32 Å². The molecular formula is C19H39N2O3+. The van der Waals surface area contributed by atoms with E-state index < -0.39 is 11.4 Å². The van der Waals surface area contributed by atoms with E-state index in [0.717, 1.165) is 19.4 Å². The first-order valence-electron chi connectivity index (χ1n) is 8.82. The molecule has 0 spiro atoms. The monoisotopic (exact) mass is 343 g/mol. The standard InChI is InChI=1S/C19H38N2O3/c1-17(2,3)14-19(7,18(4,5)6)16(24)20-11-10-12-21(8,9)13-15(22)23/h10-14H2,1-9H3,(H-,20,22,23,24)/p+1. The number of likely N-dealkylation sites (N-methyl/N-ethyl adjacent to an activating group) is 1. The number of nitrogens with zero attached hydrogens (tertiary/aromatic N) is 1. The van der Waals surface area contributed by atoms with Crippen molar-refractivity contribution in [2.24, 2.45) is 16.2 Å². The Bertz CT molecular complexity index is 445. The van der Waals surface area contributed by atoms with Crippen LogP contribution in [0.1, 0.15) is 61.3 Å². The van der Waals surface area contributed by atoms with Crippen molar-refractivity contribution >= 4 is 11.9 Å². The molecule has 0 fully saturated rings. The second-order valence-electron chi connectivity index (χ2n) is 10.1. The molecule has 0 rings (SSSR count). The van der Waals surface area contributed by atoms with Gasteiger partial charge in [-0.05, 0) is 17.3 Å². The molecule has 1 unspecified atom stereocenters. The minimum atomic E-state index is -0.797. The summed E-state index contributed by atoms with van der Waals surface area (Å²) in [6.07, 6.45) is 1.58. The number of hydrogen-bond acceptors (Lipinski definition) is 2. The maximum atomic E-state index is 12.9. The average Bonchev–Trinajstić information content (AvgIpc) is 2.28. The van der Waals surface area contributed by atoms with E-state index in [4.69, 9.17) is 5.11 Å². The lowest BCUT2D eigenvalue weighted by Crippen LogP contribution is -2.50. The molecule has 0 bridgehead atoms. The molecule has 0 saturated carbocycles. The van der Waals surface area contributed by atoms with Crippen molar-refractivity contribution in [1.29, 1.82) is 0 Å². The molecule has 0 aliphatic heterocycles. The average molecular weight is 344 g/mol. The fourth-order valence-corrected chi connectivity index (χ4v) is 3.10. The molecule has 0 aromatic heterocycles. The molecule has 0 heterocycles. The molecular weight excluding hydrogens is 304 g/mol. The summed E-state index contributed by atoms with van der Waals surface area (Å²) in [5.41, 5.74) is -0.514. The number of nitrogens with one attached hydrogen (secondary N) is 1. The van der Waals surface area contributed by atoms with E-state index in [1.165, 1.54) is 0 Å². The smallest absolute Gasteiger partial charge is 0.359 e. The zero-order valence-electron chi connectivity index (χ0n) is 17.2. The predicted molar refractivity (Wildman–Crippen MR) is 98.7 cm³/mol. The normalized spacial score (nSPS) is 15.7. The van der Waals surface area contributed by atoms with Crippen LogP contribution in [0.4, 0.5) is 0 Å². The van der Waals surface area contributed by atoms with Gasteiger partial charge in [-0.15, -0.1) is 0 Å². The van der Waals surface area contributed by atoms with E-state index >= 15 is 0 Å². The molecule has 0 aliphatic carbocycles. The molecule has 24 heavy (non-hydrogen) atoms. The van der Waals surface area contributed by atoms with E-state index in [2.05, 4.69) is 53.8 Å². The predicted octanol–water partition coefficient (Wildman–Crippen LogP) is 3.14. The number of carboxylic acid groups (broad SMARTS) is 1. The first-order chi connectivity index (χ1) is 10.5. The highest BCUT2D eigenvalue weighted by Gasteiger charge is 2.46. The molecule has 0 saturated heterocycles. The van der Waals surface area contributed by atoms with E-state index in [0.29, 0.717) is 11.0 Å². The second-order valence-corrected chi connectivity index (χ2v) is 10.1. The minimum Gasteiger partial charge on any atom is -0.477 e. The zero-order valence-corrected chi connectivity index (χ0v) is 17.2. The number of carbonyl (C=O) groups is 2. The second kappa shape index (κ2) is 7.85. The molecule has 5 nitrogen and oxygen atoms in total. The van der Waals surface area contributed by atoms with Gasteiger partial charge in [0.25, 0.3) is 0 Å². The first-order valence-corrected chi connectivity index (χ1v) is 8.82. The van der Waals surface area contributed by atoms with Crippen LogP contribution in [0.25, 0.3) is 0 Å². The third-order valence-electron chi connectivity index (χ3n) is 4.83. The largest absolute Gasteiger partial charge is 0.477 e. The topological polar surface area (TPSA) is 66.4 Å². The summed E-state index contributed by atoms with van der Waals surface area (Å²) < 4.78 is 0.420. The molecule has 0 aromatic rings. The third kappa shape index (κ3) is 7.65. The van der Waals surface area contributed by atoms with Crippen molar-refractivity contribution in [3.63, 3.8) is 0 Å². The van der Waals surface area contributed by atoms with Gasteiger partial charge in [-0.2, -0.15) is 0 Å². The maximum Gasteiger partial charge on any atom is 0.359 e. The Labute approximate surface area is 148 Å². The molecule has 2 N–H and O–H groups in total. The van der Waals surface area contributed by atoms with Crippen LogP contribution in [0.3, 0.4) is 0 Å². The van der Waals surface area contributed by atoms with Crippen LogP contribution in [0.5, 0.6) is 0 Å². The Morgan fingerprint density at radius 1 is 1.00 bits per heavy atom. The molecule has 0 aliphatic rings. The number of hydrogen-bond donors (Lipinski definition) is 2. The van der Waals surface area contributed by atoms with Crippen LogP contribution in [0.2, 0.25) is 0 Å². The highest BCUT2D eigenvalue weighted by atomic mass is 16.4. The maximum absolute atomic E-state index is 12.9. The van der Waals surface area contributed by atoms with Gasteiger partial charge in [-0.25, -0.2) is 4.79 Å². The first kappa shape index (κ1) is 22.9. The van der Waals surface area contributed by atoms with Crippen LogP contribution >= 0.6 is 0 Å². The Hall–Kier alpha value is -1.10. The lowest BCUT2D eigenvalue weighted by molar-refractivity contribution is -0.883. The third-order valence-corrected chi connectivity index (χ3v) is 4.83. The molecule has 5 heteroatoms. The Morgan fingerprint density at radius 3 is 1.88 bits per heavy atom. The van der Waals surface area contributed by atoms with E-state index in [1.807, 2.05) is 14.1 Å². The fourth-order valence-electron chi connectivity index (χ4n) is 3.10. The van der Waals surface area contributed by atoms with Crippen molar-refractivity contribution in [2.45, 2.75) is 61.3 Å². The number of carboxylic acids is 1. The summed E-state index contributed by atoms with van der Waals surface area (Å²) in [4.78, 5) is 23.7. The Kier molecular flexibility index (Phi) is 7.49. The fraction of sp³-hybridized carbons (Fsp3) is 0.895. The molecule has 0 aromatic carbocycles. The summed E-state index contributed by atoms with van der Waals surface area (Å²) >= 11 is 0. The summed E-state index contributed by atoms with van der Waals surface area (Å²) in [6, 6.07) is 0. The lowest BCUT2D eigenvalue weighted by atomic mass is 9.61.